The molecule has 0 amide bonds. The van der Waals surface area contributed by atoms with Crippen LogP contribution < -0.4 is 23.7 Å². The van der Waals surface area contributed by atoms with E-state index in [1.165, 1.54) is 0 Å². The van der Waals surface area contributed by atoms with Gasteiger partial charge >= 0.3 is 18.9 Å². The second kappa shape index (κ2) is 5.65. The summed E-state index contributed by atoms with van der Waals surface area (Å²) >= 11 is 0. The van der Waals surface area contributed by atoms with E-state index >= 15 is 0 Å². The average Bonchev–Trinajstić information content (AvgIpc) is 2.63. The number of hydrogen-bond donors (Lipinski definition) is 0. The molecule has 0 fully saturated rings. The largest absolute Gasteiger partial charge is 1.00 e. The Bertz CT molecular complexity index is 451. The zero-order valence-corrected chi connectivity index (χ0v) is 8.97. The van der Waals surface area contributed by atoms with Crippen LogP contribution in [0.1, 0.15) is 6.92 Å². The molecule has 72 valence electrons. The number of allylic oxidation sites excluding steroid dienone is 1. The fraction of sp³-hybridized carbons (Fsp3) is 0.182. The van der Waals surface area contributed by atoms with E-state index in [0.29, 0.717) is 6.61 Å². The quantitative estimate of drug-likeness (QED) is 0.455. The van der Waals surface area contributed by atoms with E-state index in [-0.39, 0.29) is 18.9 Å². The summed E-state index contributed by atoms with van der Waals surface area (Å²) in [6, 6.07) is 7.84. The van der Waals surface area contributed by atoms with E-state index in [0.717, 1.165) is 11.0 Å². The van der Waals surface area contributed by atoms with E-state index in [9.17, 15) is 0 Å². The first-order valence-electron chi connectivity index (χ1n) is 4.48. The average molecular weight is 194 g/mol. The van der Waals surface area contributed by atoms with Crippen molar-refractivity contribution in [2.24, 2.45) is 0 Å². The molecular weight excluding hydrogens is 183 g/mol. The van der Waals surface area contributed by atoms with Crippen molar-refractivity contribution in [1.82, 2.24) is 9.71 Å². The number of nitrogens with zero attached hydrogens (tertiary/aromatic N) is 2. The van der Waals surface area contributed by atoms with Gasteiger partial charge in [-0.2, -0.15) is 4.73 Å². The topological polar surface area (TPSA) is 27.1 Å². The molecule has 0 aliphatic heterocycles. The van der Waals surface area contributed by atoms with E-state index in [2.05, 4.69) is 11.1 Å². The molecule has 4 heteroatoms. The van der Waals surface area contributed by atoms with Gasteiger partial charge in [0.05, 0.1) is 5.52 Å². The Hall–Kier alpha value is -1.17. The molecule has 2 aromatic rings. The molecule has 2 rings (SSSR count). The molecule has 0 atom stereocenters. The Labute approximate surface area is 101 Å². The minimum atomic E-state index is 0. The van der Waals surface area contributed by atoms with Crippen LogP contribution in [0.3, 0.4) is 0 Å². The molecular formula is C11H11LiN2O. The summed E-state index contributed by atoms with van der Waals surface area (Å²) in [6.45, 7) is 2.35. The van der Waals surface area contributed by atoms with Crippen LogP contribution in [0.2, 0.25) is 0 Å². The maximum absolute atomic E-state index is 5.41. The van der Waals surface area contributed by atoms with E-state index in [1.54, 1.807) is 11.1 Å². The molecule has 15 heavy (non-hydrogen) atoms. The van der Waals surface area contributed by atoms with Gasteiger partial charge in [0.25, 0.3) is 0 Å². The van der Waals surface area contributed by atoms with Crippen LogP contribution in [-0.4, -0.2) is 16.3 Å². The first-order chi connectivity index (χ1) is 6.92. The maximum Gasteiger partial charge on any atom is 1.00 e. The van der Waals surface area contributed by atoms with Gasteiger partial charge in [0.15, 0.2) is 0 Å². The number of hydrogen-bond acceptors (Lipinski definition) is 2. The molecule has 0 aliphatic rings. The van der Waals surface area contributed by atoms with Gasteiger partial charge in [-0.15, -0.1) is 0 Å². The first-order valence-corrected chi connectivity index (χ1v) is 4.48. The Morgan fingerprint density at radius 1 is 1.47 bits per heavy atom. The Morgan fingerprint density at radius 3 is 3.07 bits per heavy atom. The van der Waals surface area contributed by atoms with Gasteiger partial charge in [-0.05, 0) is 18.7 Å². The van der Waals surface area contributed by atoms with Crippen molar-refractivity contribution in [2.45, 2.75) is 6.92 Å². The van der Waals surface area contributed by atoms with Crippen LogP contribution in [0.4, 0.5) is 0 Å². The molecule has 0 radical (unpaired) electrons. The number of para-hydroxylation sites is 2. The Morgan fingerprint density at radius 2 is 2.27 bits per heavy atom. The Balaban J connectivity index is 0.00000112. The van der Waals surface area contributed by atoms with Crippen molar-refractivity contribution in [2.75, 3.05) is 6.61 Å². The molecule has 3 nitrogen and oxygen atoms in total. The van der Waals surface area contributed by atoms with Crippen LogP contribution >= 0.6 is 0 Å². The molecule has 0 bridgehead atoms. The van der Waals surface area contributed by atoms with Crippen LogP contribution in [0.5, 0.6) is 0 Å². The van der Waals surface area contributed by atoms with Gasteiger partial charge in [-0.1, -0.05) is 19.1 Å². The molecule has 0 unspecified atom stereocenters. The minimum Gasteiger partial charge on any atom is -0.459 e. The molecule has 0 N–H and O–H groups in total. The monoisotopic (exact) mass is 194 g/mol. The van der Waals surface area contributed by atoms with Crippen molar-refractivity contribution in [3.8, 4) is 0 Å². The van der Waals surface area contributed by atoms with Crippen LogP contribution in [-0.2, 0) is 0 Å². The van der Waals surface area contributed by atoms with Crippen molar-refractivity contribution in [3.63, 3.8) is 0 Å². The first kappa shape index (κ1) is 11.9. The summed E-state index contributed by atoms with van der Waals surface area (Å²) in [5.41, 5.74) is 1.92. The third-order valence-corrected chi connectivity index (χ3v) is 1.91. The number of benzene rings is 1. The van der Waals surface area contributed by atoms with Gasteiger partial charge in [-0.3, -0.25) is 6.08 Å². The summed E-state index contributed by atoms with van der Waals surface area (Å²) in [6.07, 6.45) is 6.46. The predicted octanol–water partition coefficient (Wildman–Crippen LogP) is -1.15. The predicted molar refractivity (Wildman–Crippen MR) is 54.7 cm³/mol. The van der Waals surface area contributed by atoms with Crippen molar-refractivity contribution >= 4 is 11.0 Å². The molecule has 1 heterocycles. The zero-order valence-electron chi connectivity index (χ0n) is 8.97. The van der Waals surface area contributed by atoms with Gasteiger partial charge in [0, 0.05) is 0 Å². The van der Waals surface area contributed by atoms with Gasteiger partial charge < -0.3 is 10.9 Å². The van der Waals surface area contributed by atoms with Crippen molar-refractivity contribution in [3.05, 3.63) is 42.7 Å². The maximum atomic E-state index is 5.41. The molecule has 0 saturated heterocycles. The smallest absolute Gasteiger partial charge is 0.459 e. The summed E-state index contributed by atoms with van der Waals surface area (Å²) in [5.74, 6) is 0. The number of rotatable bonds is 3. The standard InChI is InChI=1S/C11H11N2O.Li/c1-2-3-8-14-13-9-12-10-6-4-5-7-11(10)13;/h2,4-7,9H,8H2,1H3;/q-1;+1. The summed E-state index contributed by atoms with van der Waals surface area (Å²) in [4.78, 5) is 9.61. The van der Waals surface area contributed by atoms with Crippen LogP contribution in [0.15, 0.2) is 36.7 Å². The molecule has 0 aliphatic carbocycles. The van der Waals surface area contributed by atoms with Crippen molar-refractivity contribution in [1.29, 1.82) is 0 Å². The van der Waals surface area contributed by atoms with Gasteiger partial charge in [0.1, 0.15) is 11.8 Å². The third-order valence-electron chi connectivity index (χ3n) is 1.91. The third kappa shape index (κ3) is 2.65. The number of imidazole rings is 1. The normalized spacial score (nSPS) is 10.5. The summed E-state index contributed by atoms with van der Waals surface area (Å²) in [7, 11) is 0. The number of aromatic nitrogens is 2. The van der Waals surface area contributed by atoms with Crippen LogP contribution in [0.25, 0.3) is 11.0 Å². The zero-order chi connectivity index (χ0) is 9.80. The fourth-order valence-corrected chi connectivity index (χ4v) is 1.23. The number of fused-ring (bicyclic) bond motifs is 1. The van der Waals surface area contributed by atoms with E-state index < -0.39 is 0 Å². The van der Waals surface area contributed by atoms with Gasteiger partial charge in [0.2, 0.25) is 0 Å². The molecule has 1 aromatic carbocycles. The van der Waals surface area contributed by atoms with E-state index in [1.807, 2.05) is 37.3 Å². The molecule has 1 aromatic heterocycles. The van der Waals surface area contributed by atoms with Gasteiger partial charge in [-0.25, -0.2) is 4.98 Å². The fourth-order valence-electron chi connectivity index (χ4n) is 1.23. The molecule has 0 spiro atoms. The van der Waals surface area contributed by atoms with Crippen molar-refractivity contribution < 1.29 is 23.7 Å². The summed E-state index contributed by atoms with van der Waals surface area (Å²) in [5, 5.41) is 0. The minimum absolute atomic E-state index is 0. The van der Waals surface area contributed by atoms with Crippen LogP contribution in [0, 0.1) is 6.08 Å². The summed E-state index contributed by atoms with van der Waals surface area (Å²) < 4.78 is 1.66. The Kier molecular flexibility index (Phi) is 4.48. The van der Waals surface area contributed by atoms with E-state index in [4.69, 9.17) is 4.84 Å². The second-order valence-corrected chi connectivity index (χ2v) is 2.83. The molecule has 0 saturated carbocycles. The SMILES string of the molecule is CC=[C-]COn1cnc2ccccc21.[Li+]. The second-order valence-electron chi connectivity index (χ2n) is 2.83.